The maximum Gasteiger partial charge on any atom is 0.0546 e. The normalized spacial score (nSPS) is 11.6. The minimum absolute atomic E-state index is 1.13. The summed E-state index contributed by atoms with van der Waals surface area (Å²) in [6.45, 7) is 8.80. The number of rotatable bonds is 6. The Hall–Kier alpha value is -6.90. The van der Waals surface area contributed by atoms with Crippen LogP contribution in [-0.2, 0) is 0 Å². The average Bonchev–Trinajstić information content (AvgIpc) is 3.23. The van der Waals surface area contributed by atoms with E-state index in [2.05, 4.69) is 219 Å². The van der Waals surface area contributed by atoms with Gasteiger partial charge in [0.15, 0.2) is 0 Å². The highest BCUT2D eigenvalue weighted by Crippen LogP contribution is 2.48. The lowest BCUT2D eigenvalue weighted by Gasteiger charge is -2.30. The lowest BCUT2D eigenvalue weighted by Crippen LogP contribution is -2.12. The summed E-state index contributed by atoms with van der Waals surface area (Å²) in [4.78, 5) is 4.92. The van der Waals surface area contributed by atoms with E-state index in [4.69, 9.17) is 0 Å². The van der Waals surface area contributed by atoms with Crippen molar-refractivity contribution in [2.45, 2.75) is 27.7 Å². The van der Waals surface area contributed by atoms with Crippen molar-refractivity contribution in [3.05, 3.63) is 204 Å². The SMILES string of the molecule is Cc1ccc(N(c2ccc3ccccc3c2)c2cc3c4ccccc4c(N(c4ccc(C)c(C)c4)c4ccc5ccccc5c4)cc3c3ccccc23)cc1C. The van der Waals surface area contributed by atoms with Crippen molar-refractivity contribution in [3.8, 4) is 0 Å². The third-order valence-corrected chi connectivity index (χ3v) is 11.8. The van der Waals surface area contributed by atoms with E-state index in [-0.39, 0.29) is 0 Å². The monoisotopic (exact) mass is 718 g/mol. The van der Waals surface area contributed by atoms with Crippen molar-refractivity contribution in [2.75, 3.05) is 9.80 Å². The van der Waals surface area contributed by atoms with Crippen LogP contribution in [-0.4, -0.2) is 0 Å². The number of aryl methyl sites for hydroxylation is 4. The van der Waals surface area contributed by atoms with Gasteiger partial charge in [-0.1, -0.05) is 121 Å². The van der Waals surface area contributed by atoms with Crippen molar-refractivity contribution in [1.82, 2.24) is 0 Å². The summed E-state index contributed by atoms with van der Waals surface area (Å²) in [5, 5.41) is 12.2. The van der Waals surface area contributed by atoms with Gasteiger partial charge in [0.25, 0.3) is 0 Å². The van der Waals surface area contributed by atoms with Gasteiger partial charge in [-0.2, -0.15) is 0 Å². The summed E-state index contributed by atoms with van der Waals surface area (Å²) in [7, 11) is 0. The van der Waals surface area contributed by atoms with Gasteiger partial charge in [0, 0.05) is 33.5 Å². The molecule has 10 aromatic carbocycles. The van der Waals surface area contributed by atoms with E-state index in [9.17, 15) is 0 Å². The quantitative estimate of drug-likeness (QED) is 0.158. The summed E-state index contributed by atoms with van der Waals surface area (Å²) >= 11 is 0. The highest BCUT2D eigenvalue weighted by Gasteiger charge is 2.23. The lowest BCUT2D eigenvalue weighted by molar-refractivity contribution is 1.26. The van der Waals surface area contributed by atoms with Crippen LogP contribution in [0.3, 0.4) is 0 Å². The number of nitrogens with zero attached hydrogens (tertiary/aromatic N) is 2. The topological polar surface area (TPSA) is 6.48 Å². The molecule has 56 heavy (non-hydrogen) atoms. The van der Waals surface area contributed by atoms with Gasteiger partial charge in [-0.25, -0.2) is 0 Å². The molecular weight excluding hydrogens is 677 g/mol. The highest BCUT2D eigenvalue weighted by molar-refractivity contribution is 6.24. The summed E-state index contributed by atoms with van der Waals surface area (Å²) in [5.41, 5.74) is 12.0. The average molecular weight is 719 g/mol. The zero-order chi connectivity index (χ0) is 37.9. The van der Waals surface area contributed by atoms with Gasteiger partial charge in [-0.05, 0) is 154 Å². The van der Waals surface area contributed by atoms with Crippen LogP contribution in [0.5, 0.6) is 0 Å². The van der Waals surface area contributed by atoms with Gasteiger partial charge in [0.05, 0.1) is 11.4 Å². The molecule has 0 aliphatic rings. The molecule has 0 unspecified atom stereocenters. The minimum atomic E-state index is 1.13. The van der Waals surface area contributed by atoms with Gasteiger partial charge in [-0.3, -0.25) is 0 Å². The zero-order valence-corrected chi connectivity index (χ0v) is 32.2. The first-order chi connectivity index (χ1) is 27.4. The van der Waals surface area contributed by atoms with E-state index >= 15 is 0 Å². The second-order valence-corrected chi connectivity index (χ2v) is 15.2. The van der Waals surface area contributed by atoms with Gasteiger partial charge < -0.3 is 9.80 Å². The second-order valence-electron chi connectivity index (χ2n) is 15.2. The fourth-order valence-corrected chi connectivity index (χ4v) is 8.50. The molecule has 0 aromatic heterocycles. The van der Waals surface area contributed by atoms with Crippen molar-refractivity contribution >= 4 is 88.0 Å². The van der Waals surface area contributed by atoms with Gasteiger partial charge in [0.2, 0.25) is 0 Å². The van der Waals surface area contributed by atoms with Crippen LogP contribution in [0, 0.1) is 27.7 Å². The Morgan fingerprint density at radius 1 is 0.250 bits per heavy atom. The Kier molecular flexibility index (Phi) is 8.08. The maximum absolute atomic E-state index is 2.46. The number of hydrogen-bond acceptors (Lipinski definition) is 2. The predicted octanol–water partition coefficient (Wildman–Crippen LogP) is 15.6. The van der Waals surface area contributed by atoms with E-state index in [1.54, 1.807) is 0 Å². The smallest absolute Gasteiger partial charge is 0.0546 e. The molecule has 0 saturated heterocycles. The van der Waals surface area contributed by atoms with E-state index < -0.39 is 0 Å². The molecule has 0 aliphatic heterocycles. The van der Waals surface area contributed by atoms with Crippen LogP contribution in [0.25, 0.3) is 53.9 Å². The minimum Gasteiger partial charge on any atom is -0.310 e. The van der Waals surface area contributed by atoms with Crippen LogP contribution in [0.15, 0.2) is 182 Å². The van der Waals surface area contributed by atoms with Gasteiger partial charge in [0.1, 0.15) is 0 Å². The summed E-state index contributed by atoms with van der Waals surface area (Å²) in [6, 6.07) is 67.4. The molecule has 268 valence electrons. The van der Waals surface area contributed by atoms with E-state index in [1.807, 2.05) is 0 Å². The molecule has 0 saturated carbocycles. The number of anilines is 6. The molecule has 10 rings (SSSR count). The number of hydrogen-bond donors (Lipinski definition) is 0. The lowest BCUT2D eigenvalue weighted by atomic mass is 9.93. The van der Waals surface area contributed by atoms with Crippen LogP contribution in [0.4, 0.5) is 34.1 Å². The van der Waals surface area contributed by atoms with Crippen LogP contribution >= 0.6 is 0 Å². The van der Waals surface area contributed by atoms with Crippen molar-refractivity contribution < 1.29 is 0 Å². The van der Waals surface area contributed by atoms with E-state index in [0.29, 0.717) is 0 Å². The third-order valence-electron chi connectivity index (χ3n) is 11.8. The summed E-state index contributed by atoms with van der Waals surface area (Å²) in [5.74, 6) is 0. The second kappa shape index (κ2) is 13.4. The molecule has 0 heterocycles. The molecule has 2 nitrogen and oxygen atoms in total. The first kappa shape index (κ1) is 33.7. The summed E-state index contributed by atoms with van der Waals surface area (Å²) in [6.07, 6.45) is 0. The number of fused-ring (bicyclic) bond motifs is 7. The zero-order valence-electron chi connectivity index (χ0n) is 32.2. The number of benzene rings is 10. The standard InChI is InChI=1S/C54H42N2/c1-35-21-25-43(29-37(35)3)55(45-27-23-39-13-5-7-15-41(39)31-45)53-33-51-48-18-10-12-20-50(48)54(34-52(51)47-17-9-11-19-49(47)53)56(44-26-22-36(2)38(4)30-44)46-28-24-40-14-6-8-16-42(40)32-46/h5-34H,1-4H3. The Balaban J connectivity index is 1.28. The Labute approximate surface area is 328 Å². The molecule has 0 N–H and O–H groups in total. The Bertz CT molecular complexity index is 2940. The molecular formula is C54H42N2. The van der Waals surface area contributed by atoms with Crippen molar-refractivity contribution in [3.63, 3.8) is 0 Å². The molecule has 0 spiro atoms. The highest BCUT2D eigenvalue weighted by atomic mass is 15.2. The van der Waals surface area contributed by atoms with Gasteiger partial charge in [-0.15, -0.1) is 0 Å². The molecule has 0 fully saturated rings. The summed E-state index contributed by atoms with van der Waals surface area (Å²) < 4.78 is 0. The largest absolute Gasteiger partial charge is 0.310 e. The van der Waals surface area contributed by atoms with E-state index in [0.717, 1.165) is 34.1 Å². The molecule has 0 bridgehead atoms. The van der Waals surface area contributed by atoms with Crippen molar-refractivity contribution in [2.24, 2.45) is 0 Å². The molecule has 0 amide bonds. The molecule has 0 atom stereocenters. The predicted molar refractivity (Wildman–Crippen MR) is 242 cm³/mol. The first-order valence-electron chi connectivity index (χ1n) is 19.5. The van der Waals surface area contributed by atoms with Gasteiger partial charge >= 0.3 is 0 Å². The Morgan fingerprint density at radius 2 is 0.589 bits per heavy atom. The van der Waals surface area contributed by atoms with Crippen molar-refractivity contribution in [1.29, 1.82) is 0 Å². The Morgan fingerprint density at radius 3 is 1.00 bits per heavy atom. The third kappa shape index (κ3) is 5.65. The molecule has 0 radical (unpaired) electrons. The van der Waals surface area contributed by atoms with E-state index in [1.165, 1.54) is 76.1 Å². The fraction of sp³-hybridized carbons (Fsp3) is 0.0741. The first-order valence-corrected chi connectivity index (χ1v) is 19.5. The molecule has 10 aromatic rings. The fourth-order valence-electron chi connectivity index (χ4n) is 8.50. The van der Waals surface area contributed by atoms with Crippen LogP contribution in [0.2, 0.25) is 0 Å². The molecule has 2 heteroatoms. The van der Waals surface area contributed by atoms with Crippen LogP contribution in [0.1, 0.15) is 22.3 Å². The van der Waals surface area contributed by atoms with Crippen LogP contribution < -0.4 is 9.80 Å². The molecule has 0 aliphatic carbocycles. The maximum atomic E-state index is 2.46.